The standard InChI is InChI=1S/C9H16O2/c1-2-9(11)7-5-3-4-6-8-10/h3-6,9-11H,2,7-8H2,1H3/i7D,8D,9D. The van der Waals surface area contributed by atoms with E-state index in [1.165, 1.54) is 24.3 Å². The average Bonchev–Trinajstić information content (AvgIpc) is 2.11. The van der Waals surface area contributed by atoms with Gasteiger partial charge in [-0.2, -0.15) is 0 Å². The number of aliphatic hydroxyl groups excluding tert-OH is 1. The van der Waals surface area contributed by atoms with E-state index in [9.17, 15) is 5.11 Å². The van der Waals surface area contributed by atoms with Gasteiger partial charge in [-0.1, -0.05) is 31.2 Å². The first-order chi connectivity index (χ1) is 6.40. The van der Waals surface area contributed by atoms with Crippen LogP contribution in [0.5, 0.6) is 0 Å². The summed E-state index contributed by atoms with van der Waals surface area (Å²) in [5.74, 6) is 0. The van der Waals surface area contributed by atoms with E-state index in [1.54, 1.807) is 6.92 Å². The number of aliphatic hydroxyl groups is 2. The summed E-state index contributed by atoms with van der Waals surface area (Å²) < 4.78 is 21.4. The second kappa shape index (κ2) is 7.51. The van der Waals surface area contributed by atoms with Crippen LogP contribution < -0.4 is 0 Å². The van der Waals surface area contributed by atoms with E-state index in [2.05, 4.69) is 0 Å². The van der Waals surface area contributed by atoms with Crippen LogP contribution in [0.25, 0.3) is 0 Å². The van der Waals surface area contributed by atoms with Crippen LogP contribution in [0.2, 0.25) is 0 Å². The molecule has 0 fully saturated rings. The van der Waals surface area contributed by atoms with Crippen molar-refractivity contribution >= 4 is 0 Å². The van der Waals surface area contributed by atoms with E-state index in [0.717, 1.165) is 0 Å². The lowest BCUT2D eigenvalue weighted by atomic mass is 10.2. The Bertz CT molecular complexity index is 212. The van der Waals surface area contributed by atoms with Crippen LogP contribution in [-0.2, 0) is 0 Å². The number of hydrogen-bond donors (Lipinski definition) is 2. The minimum atomic E-state index is -1.77. The van der Waals surface area contributed by atoms with Crippen molar-refractivity contribution in [2.45, 2.75) is 25.8 Å². The van der Waals surface area contributed by atoms with Crippen molar-refractivity contribution in [1.29, 1.82) is 0 Å². The topological polar surface area (TPSA) is 40.5 Å². The Hall–Kier alpha value is -0.600. The third kappa shape index (κ3) is 7.30. The molecule has 0 bridgehead atoms. The molecular formula is C9H16O2. The lowest BCUT2D eigenvalue weighted by Crippen LogP contribution is -2.00. The summed E-state index contributed by atoms with van der Waals surface area (Å²) in [5, 5.41) is 17.9. The molecule has 0 amide bonds. The smallest absolute Gasteiger partial charge is 0.0615 e. The fraction of sp³-hybridized carbons (Fsp3) is 0.556. The average molecular weight is 159 g/mol. The monoisotopic (exact) mass is 159 g/mol. The minimum Gasteiger partial charge on any atom is -0.393 e. The maximum Gasteiger partial charge on any atom is 0.0615 e. The zero-order valence-corrected chi connectivity index (χ0v) is 6.57. The van der Waals surface area contributed by atoms with Gasteiger partial charge in [0.25, 0.3) is 0 Å². The summed E-state index contributed by atoms with van der Waals surface area (Å²) >= 11 is 0. The molecule has 0 rings (SSSR count). The van der Waals surface area contributed by atoms with Gasteiger partial charge >= 0.3 is 0 Å². The molecule has 3 unspecified atom stereocenters. The van der Waals surface area contributed by atoms with Gasteiger partial charge in [-0.25, -0.2) is 0 Å². The van der Waals surface area contributed by atoms with Gasteiger partial charge in [0.15, 0.2) is 0 Å². The van der Waals surface area contributed by atoms with Crippen molar-refractivity contribution in [2.24, 2.45) is 0 Å². The van der Waals surface area contributed by atoms with E-state index in [-0.39, 0.29) is 6.42 Å². The Labute approximate surface area is 72.1 Å². The SMILES string of the molecule is [2H]C(O)C=CC=CC([2H])C([2H])(O)CC. The van der Waals surface area contributed by atoms with Crippen molar-refractivity contribution in [2.75, 3.05) is 6.58 Å². The lowest BCUT2D eigenvalue weighted by molar-refractivity contribution is 0.174. The summed E-state index contributed by atoms with van der Waals surface area (Å²) in [6.45, 7) is 0.357. The molecule has 0 aromatic carbocycles. The Kier molecular flexibility index (Phi) is 4.08. The molecule has 2 heteroatoms. The quantitative estimate of drug-likeness (QED) is 0.593. The third-order valence-corrected chi connectivity index (χ3v) is 1.07. The van der Waals surface area contributed by atoms with E-state index >= 15 is 0 Å². The summed E-state index contributed by atoms with van der Waals surface area (Å²) in [6, 6.07) is 0. The van der Waals surface area contributed by atoms with Crippen LogP contribution >= 0.6 is 0 Å². The zero-order valence-electron chi connectivity index (χ0n) is 9.57. The molecule has 0 heterocycles. The molecule has 0 saturated carbocycles. The van der Waals surface area contributed by atoms with Crippen molar-refractivity contribution < 1.29 is 14.3 Å². The minimum absolute atomic E-state index is 0.177. The maximum absolute atomic E-state index is 9.32. The molecule has 0 aromatic heterocycles. The molecule has 11 heavy (non-hydrogen) atoms. The van der Waals surface area contributed by atoms with Gasteiger partial charge in [0, 0.05) is 1.37 Å². The lowest BCUT2D eigenvalue weighted by Gasteiger charge is -2.00. The maximum atomic E-state index is 9.32. The molecule has 3 atom stereocenters. The Balaban J connectivity index is 4.12. The highest BCUT2D eigenvalue weighted by molar-refractivity contribution is 5.02. The normalized spacial score (nSPS) is 27.4. The summed E-state index contributed by atoms with van der Waals surface area (Å²) in [5.41, 5.74) is 0. The van der Waals surface area contributed by atoms with Gasteiger partial charge in [-0.05, 0) is 12.8 Å². The van der Waals surface area contributed by atoms with Crippen LogP contribution in [0.4, 0.5) is 0 Å². The molecule has 0 aliphatic rings. The highest BCUT2D eigenvalue weighted by Crippen LogP contribution is 1.97. The van der Waals surface area contributed by atoms with Crippen LogP contribution in [0.15, 0.2) is 24.3 Å². The second-order valence-corrected chi connectivity index (χ2v) is 1.93. The summed E-state index contributed by atoms with van der Waals surface area (Å²) in [6.07, 6.45) is 2.78. The first-order valence-corrected chi connectivity index (χ1v) is 3.50. The van der Waals surface area contributed by atoms with Crippen LogP contribution in [0, 0.1) is 0 Å². The van der Waals surface area contributed by atoms with Crippen LogP contribution in [0.3, 0.4) is 0 Å². The predicted octanol–water partition coefficient (Wildman–Crippen LogP) is 1.25. The first-order valence-electron chi connectivity index (χ1n) is 5.15. The highest BCUT2D eigenvalue weighted by atomic mass is 16.3. The van der Waals surface area contributed by atoms with E-state index in [1.807, 2.05) is 0 Å². The second-order valence-electron chi connectivity index (χ2n) is 1.93. The molecular weight excluding hydrogens is 140 g/mol. The van der Waals surface area contributed by atoms with E-state index in [4.69, 9.17) is 9.22 Å². The van der Waals surface area contributed by atoms with Crippen molar-refractivity contribution in [1.82, 2.24) is 0 Å². The molecule has 0 spiro atoms. The van der Waals surface area contributed by atoms with Crippen molar-refractivity contribution in [3.05, 3.63) is 24.3 Å². The first kappa shape index (κ1) is 5.98. The molecule has 0 aliphatic heterocycles. The summed E-state index contributed by atoms with van der Waals surface area (Å²) in [7, 11) is 0. The Morgan fingerprint density at radius 1 is 1.55 bits per heavy atom. The third-order valence-electron chi connectivity index (χ3n) is 1.07. The predicted molar refractivity (Wildman–Crippen MR) is 46.3 cm³/mol. The molecule has 0 saturated heterocycles. The van der Waals surface area contributed by atoms with Crippen LogP contribution in [-0.4, -0.2) is 22.9 Å². The van der Waals surface area contributed by atoms with Crippen molar-refractivity contribution in [3.63, 3.8) is 0 Å². The molecule has 2 N–H and O–H groups in total. The number of rotatable bonds is 5. The van der Waals surface area contributed by atoms with Gasteiger partial charge in [-0.15, -0.1) is 0 Å². The zero-order chi connectivity index (χ0) is 11.2. The van der Waals surface area contributed by atoms with Gasteiger partial charge in [0.05, 0.1) is 15.4 Å². The van der Waals surface area contributed by atoms with Gasteiger partial charge in [-0.3, -0.25) is 0 Å². The van der Waals surface area contributed by atoms with Gasteiger partial charge < -0.3 is 10.2 Å². The van der Waals surface area contributed by atoms with Gasteiger partial charge in [0.1, 0.15) is 0 Å². The van der Waals surface area contributed by atoms with Crippen LogP contribution in [0.1, 0.15) is 23.9 Å². The summed E-state index contributed by atoms with van der Waals surface area (Å²) in [4.78, 5) is 0. The highest BCUT2D eigenvalue weighted by Gasteiger charge is 1.93. The molecule has 2 nitrogen and oxygen atoms in total. The van der Waals surface area contributed by atoms with Gasteiger partial charge in [0.2, 0.25) is 0 Å². The van der Waals surface area contributed by atoms with Crippen molar-refractivity contribution in [3.8, 4) is 0 Å². The molecule has 0 radical (unpaired) electrons. The fourth-order valence-electron chi connectivity index (χ4n) is 0.462. The molecule has 64 valence electrons. The number of hydrogen-bond acceptors (Lipinski definition) is 2. The fourth-order valence-corrected chi connectivity index (χ4v) is 0.462. The Morgan fingerprint density at radius 2 is 2.18 bits per heavy atom. The number of allylic oxidation sites excluding steroid dienone is 2. The van der Waals surface area contributed by atoms with E-state index in [0.29, 0.717) is 0 Å². The molecule has 0 aliphatic carbocycles. The molecule has 0 aromatic rings. The Morgan fingerprint density at radius 3 is 2.73 bits per heavy atom. The van der Waals surface area contributed by atoms with E-state index < -0.39 is 19.1 Å². The largest absolute Gasteiger partial charge is 0.393 e.